The molecule has 0 spiro atoms. The lowest BCUT2D eigenvalue weighted by Crippen LogP contribution is -2.15. The maximum Gasteiger partial charge on any atom is 0.317 e. The van der Waals surface area contributed by atoms with Crippen LogP contribution in [-0.2, 0) is 11.2 Å². The Hall–Kier alpha value is -1.36. The van der Waals surface area contributed by atoms with E-state index in [1.54, 1.807) is 24.3 Å². The van der Waals surface area contributed by atoms with Crippen molar-refractivity contribution in [1.82, 2.24) is 0 Å². The SMILES string of the molecule is NC(=O)c1ccc(CC(Br)C(=O)O)cc1. The molecule has 3 N–H and O–H groups in total. The molecule has 1 aromatic rings. The second-order valence-electron chi connectivity index (χ2n) is 3.07. The maximum absolute atomic E-state index is 10.8. The summed E-state index contributed by atoms with van der Waals surface area (Å²) in [5.41, 5.74) is 6.33. The van der Waals surface area contributed by atoms with E-state index in [0.717, 1.165) is 5.56 Å². The number of alkyl halides is 1. The number of carboxylic acid groups (broad SMARTS) is 1. The van der Waals surface area contributed by atoms with Gasteiger partial charge in [-0.3, -0.25) is 9.59 Å². The summed E-state index contributed by atoms with van der Waals surface area (Å²) in [6.45, 7) is 0. The van der Waals surface area contributed by atoms with E-state index in [0.29, 0.717) is 12.0 Å². The van der Waals surface area contributed by atoms with E-state index in [1.807, 2.05) is 0 Å². The van der Waals surface area contributed by atoms with Crippen molar-refractivity contribution in [1.29, 1.82) is 0 Å². The molecule has 1 atom stereocenters. The molecule has 15 heavy (non-hydrogen) atoms. The highest BCUT2D eigenvalue weighted by atomic mass is 79.9. The fourth-order valence-corrected chi connectivity index (χ4v) is 1.47. The largest absolute Gasteiger partial charge is 0.480 e. The highest BCUT2D eigenvalue weighted by molar-refractivity contribution is 9.10. The third kappa shape index (κ3) is 3.36. The van der Waals surface area contributed by atoms with Crippen molar-refractivity contribution in [3.63, 3.8) is 0 Å². The minimum absolute atomic E-state index is 0.369. The van der Waals surface area contributed by atoms with Gasteiger partial charge in [0.05, 0.1) is 0 Å². The summed E-state index contributed by atoms with van der Waals surface area (Å²) in [4.78, 5) is 20.7. The van der Waals surface area contributed by atoms with Crippen molar-refractivity contribution in [2.75, 3.05) is 0 Å². The van der Waals surface area contributed by atoms with Gasteiger partial charge in [0.25, 0.3) is 0 Å². The predicted octanol–water partition coefficient (Wildman–Crippen LogP) is 1.18. The van der Waals surface area contributed by atoms with Crippen LogP contribution >= 0.6 is 15.9 Å². The first kappa shape index (κ1) is 11.7. The van der Waals surface area contributed by atoms with Crippen molar-refractivity contribution in [3.8, 4) is 0 Å². The summed E-state index contributed by atoms with van der Waals surface area (Å²) in [6.07, 6.45) is 0.369. The number of nitrogens with two attached hydrogens (primary N) is 1. The minimum atomic E-state index is -0.908. The van der Waals surface area contributed by atoms with Crippen LogP contribution in [0, 0.1) is 0 Å². The molecule has 0 heterocycles. The lowest BCUT2D eigenvalue weighted by molar-refractivity contribution is -0.136. The molecule has 0 bridgehead atoms. The number of aliphatic carboxylic acids is 1. The van der Waals surface area contributed by atoms with Crippen molar-refractivity contribution in [3.05, 3.63) is 35.4 Å². The van der Waals surface area contributed by atoms with Crippen LogP contribution in [0.3, 0.4) is 0 Å². The summed E-state index contributed by atoms with van der Waals surface area (Å²) >= 11 is 3.04. The van der Waals surface area contributed by atoms with Gasteiger partial charge in [-0.25, -0.2) is 0 Å². The summed E-state index contributed by atoms with van der Waals surface area (Å²) < 4.78 is 0. The van der Waals surface area contributed by atoms with Gasteiger partial charge in [0.2, 0.25) is 5.91 Å². The van der Waals surface area contributed by atoms with Crippen LogP contribution in [0.15, 0.2) is 24.3 Å². The summed E-state index contributed by atoms with van der Waals surface area (Å²) in [7, 11) is 0. The summed E-state index contributed by atoms with van der Waals surface area (Å²) in [5.74, 6) is -1.40. The maximum atomic E-state index is 10.8. The highest BCUT2D eigenvalue weighted by Crippen LogP contribution is 2.11. The highest BCUT2D eigenvalue weighted by Gasteiger charge is 2.13. The lowest BCUT2D eigenvalue weighted by atomic mass is 10.1. The number of carbonyl (C=O) groups is 2. The van der Waals surface area contributed by atoms with Crippen molar-refractivity contribution < 1.29 is 14.7 Å². The van der Waals surface area contributed by atoms with E-state index < -0.39 is 16.7 Å². The quantitative estimate of drug-likeness (QED) is 0.807. The molecule has 0 aliphatic rings. The number of hydrogen-bond donors (Lipinski definition) is 2. The number of benzene rings is 1. The van der Waals surface area contributed by atoms with E-state index in [4.69, 9.17) is 10.8 Å². The number of primary amides is 1. The van der Waals surface area contributed by atoms with Crippen LogP contribution in [0.4, 0.5) is 0 Å². The number of halogens is 1. The van der Waals surface area contributed by atoms with Crippen LogP contribution in [0.25, 0.3) is 0 Å². The van der Waals surface area contributed by atoms with Gasteiger partial charge in [-0.15, -0.1) is 0 Å². The zero-order valence-electron chi connectivity index (χ0n) is 7.81. The Morgan fingerprint density at radius 3 is 2.27 bits per heavy atom. The third-order valence-corrected chi connectivity index (χ3v) is 2.64. The molecule has 1 rings (SSSR count). The molecule has 1 aromatic carbocycles. The van der Waals surface area contributed by atoms with Crippen LogP contribution in [0.1, 0.15) is 15.9 Å². The molecular weight excluding hydrogens is 262 g/mol. The zero-order chi connectivity index (χ0) is 11.4. The van der Waals surface area contributed by atoms with Crippen molar-refractivity contribution in [2.45, 2.75) is 11.2 Å². The zero-order valence-corrected chi connectivity index (χ0v) is 9.40. The summed E-state index contributed by atoms with van der Waals surface area (Å²) in [5, 5.41) is 8.67. The number of rotatable bonds is 4. The fourth-order valence-electron chi connectivity index (χ4n) is 1.10. The number of hydrogen-bond acceptors (Lipinski definition) is 2. The second kappa shape index (κ2) is 4.93. The number of amides is 1. The first-order valence-corrected chi connectivity index (χ1v) is 5.18. The van der Waals surface area contributed by atoms with Crippen LogP contribution in [0.2, 0.25) is 0 Å². The Labute approximate surface area is 95.2 Å². The average molecular weight is 272 g/mol. The molecule has 1 amide bonds. The molecule has 0 aliphatic carbocycles. The van der Waals surface area contributed by atoms with Gasteiger partial charge >= 0.3 is 5.97 Å². The molecule has 5 heteroatoms. The van der Waals surface area contributed by atoms with Gasteiger partial charge in [0, 0.05) is 5.56 Å². The van der Waals surface area contributed by atoms with Gasteiger partial charge in [0.1, 0.15) is 4.83 Å². The van der Waals surface area contributed by atoms with E-state index in [-0.39, 0.29) is 0 Å². The Balaban J connectivity index is 2.72. The molecular formula is C10H10BrNO3. The van der Waals surface area contributed by atoms with Crippen molar-refractivity contribution >= 4 is 27.8 Å². The van der Waals surface area contributed by atoms with Gasteiger partial charge < -0.3 is 10.8 Å². The molecule has 0 aromatic heterocycles. The van der Waals surface area contributed by atoms with E-state index in [1.165, 1.54) is 0 Å². The Kier molecular flexibility index (Phi) is 3.85. The molecule has 0 saturated carbocycles. The van der Waals surface area contributed by atoms with Gasteiger partial charge in [-0.2, -0.15) is 0 Å². The average Bonchev–Trinajstić information content (AvgIpc) is 2.18. The van der Waals surface area contributed by atoms with Gasteiger partial charge in [-0.05, 0) is 24.1 Å². The monoisotopic (exact) mass is 271 g/mol. The molecule has 0 radical (unpaired) electrons. The topological polar surface area (TPSA) is 80.4 Å². The molecule has 1 unspecified atom stereocenters. The van der Waals surface area contributed by atoms with Gasteiger partial charge in [0.15, 0.2) is 0 Å². The van der Waals surface area contributed by atoms with E-state index in [9.17, 15) is 9.59 Å². The number of carbonyl (C=O) groups excluding carboxylic acids is 1. The standard InChI is InChI=1S/C10H10BrNO3/c11-8(10(14)15)5-6-1-3-7(4-2-6)9(12)13/h1-4,8H,5H2,(H2,12,13)(H,14,15). The van der Waals surface area contributed by atoms with E-state index in [2.05, 4.69) is 15.9 Å². The Morgan fingerprint density at radius 2 is 1.87 bits per heavy atom. The third-order valence-electron chi connectivity index (χ3n) is 1.92. The Morgan fingerprint density at radius 1 is 1.33 bits per heavy atom. The predicted molar refractivity (Wildman–Crippen MR) is 59.0 cm³/mol. The van der Waals surface area contributed by atoms with Crippen LogP contribution in [0.5, 0.6) is 0 Å². The smallest absolute Gasteiger partial charge is 0.317 e. The lowest BCUT2D eigenvalue weighted by Gasteiger charge is -2.04. The van der Waals surface area contributed by atoms with Gasteiger partial charge in [-0.1, -0.05) is 28.1 Å². The Bertz CT molecular complexity index is 375. The molecule has 0 saturated heterocycles. The van der Waals surface area contributed by atoms with Crippen molar-refractivity contribution in [2.24, 2.45) is 5.73 Å². The first-order valence-electron chi connectivity index (χ1n) is 4.26. The normalized spacial score (nSPS) is 12.1. The fraction of sp³-hybridized carbons (Fsp3) is 0.200. The second-order valence-corrected chi connectivity index (χ2v) is 4.18. The van der Waals surface area contributed by atoms with Crippen LogP contribution in [-0.4, -0.2) is 21.8 Å². The first-order chi connectivity index (χ1) is 7.00. The molecule has 0 aliphatic heterocycles. The molecule has 4 nitrogen and oxygen atoms in total. The summed E-state index contributed by atoms with van der Waals surface area (Å²) in [6, 6.07) is 6.55. The molecule has 80 valence electrons. The van der Waals surface area contributed by atoms with E-state index >= 15 is 0 Å². The number of carboxylic acids is 1. The minimum Gasteiger partial charge on any atom is -0.480 e. The van der Waals surface area contributed by atoms with Crippen LogP contribution < -0.4 is 5.73 Å². The molecule has 0 fully saturated rings.